The topological polar surface area (TPSA) is 77.4 Å². The van der Waals surface area contributed by atoms with Crippen LogP contribution in [-0.4, -0.2) is 38.7 Å². The Kier molecular flexibility index (Phi) is 20.3. The van der Waals surface area contributed by atoms with Gasteiger partial charge >= 0.3 is 26.2 Å². The second-order valence-electron chi connectivity index (χ2n) is 8.14. The Morgan fingerprint density at radius 3 is 1.13 bits per heavy atom. The maximum absolute atomic E-state index is 9.34. The number of hydrogen-bond donors (Lipinski definition) is 2. The number of phenolic OH excluding ortho intramolecular Hbond substituents is 2. The minimum absolute atomic E-state index is 0. The summed E-state index contributed by atoms with van der Waals surface area (Å²) in [5.74, 6) is 1.76. The number of methoxy groups -OCH3 is 4. The molecule has 0 saturated carbocycles. The largest absolute Gasteiger partial charge is 2.00 e. The van der Waals surface area contributed by atoms with E-state index in [2.05, 4.69) is 50.3 Å². The fourth-order valence-corrected chi connectivity index (χ4v) is 3.45. The van der Waals surface area contributed by atoms with Crippen LogP contribution in [0.5, 0.6) is 34.5 Å². The molecule has 2 aromatic carbocycles. The maximum atomic E-state index is 9.34. The van der Waals surface area contributed by atoms with E-state index >= 15 is 0 Å². The summed E-state index contributed by atoms with van der Waals surface area (Å²) < 4.78 is 19.4. The first kappa shape index (κ1) is 36.1. The average Bonchev–Trinajstić information content (AvgIpc) is 3.65. The number of rotatable bonds is 8. The summed E-state index contributed by atoms with van der Waals surface area (Å²) in [7, 11) is 5.98. The zero-order valence-electron chi connectivity index (χ0n) is 24.0. The zero-order chi connectivity index (χ0) is 28.2. The Morgan fingerprint density at radius 2 is 0.923 bits per heavy atom. The Labute approximate surface area is 253 Å². The molecule has 6 nitrogen and oxygen atoms in total. The smallest absolute Gasteiger partial charge is 0.502 e. The Bertz CT molecular complexity index is 942. The van der Waals surface area contributed by atoms with E-state index < -0.39 is 0 Å². The molecule has 0 saturated heterocycles. The van der Waals surface area contributed by atoms with Crippen molar-refractivity contribution < 1.29 is 55.4 Å². The quantitative estimate of drug-likeness (QED) is 0.296. The average molecular weight is 614 g/mol. The van der Waals surface area contributed by atoms with Crippen molar-refractivity contribution >= 4 is 0 Å². The van der Waals surface area contributed by atoms with Crippen molar-refractivity contribution in [3.05, 3.63) is 84.0 Å². The van der Waals surface area contributed by atoms with Crippen LogP contribution in [0.2, 0.25) is 0 Å². The number of phenols is 2. The predicted octanol–water partition coefficient (Wildman–Crippen LogP) is 7.77. The molecular weight excluding hydrogens is 572 g/mol. The molecule has 0 aliphatic heterocycles. The molecule has 0 spiro atoms. The van der Waals surface area contributed by atoms with Gasteiger partial charge in [-0.15, -0.1) is 12.8 Å². The maximum Gasteiger partial charge on any atom is 2.00 e. The van der Waals surface area contributed by atoms with Crippen LogP contribution in [0, 0.1) is 12.2 Å². The van der Waals surface area contributed by atoms with Crippen LogP contribution >= 0.6 is 0 Å². The van der Waals surface area contributed by atoms with Gasteiger partial charge in [-0.25, -0.2) is 23.3 Å². The normalized spacial score (nSPS) is 12.2. The third kappa shape index (κ3) is 13.6. The molecule has 2 aliphatic rings. The molecular formula is C32H42O6Zr. The number of ether oxygens (including phenoxy) is 4. The van der Waals surface area contributed by atoms with Crippen molar-refractivity contribution in [2.45, 2.75) is 52.4 Å². The molecule has 0 aromatic heterocycles. The fraction of sp³-hybridized carbons (Fsp3) is 0.375. The molecule has 39 heavy (non-hydrogen) atoms. The van der Waals surface area contributed by atoms with Gasteiger partial charge in [-0.1, -0.05) is 51.7 Å². The van der Waals surface area contributed by atoms with Gasteiger partial charge in [0, 0.05) is 0 Å². The molecule has 0 bridgehead atoms. The summed E-state index contributed by atoms with van der Waals surface area (Å²) in [5, 5.41) is 18.7. The van der Waals surface area contributed by atoms with Crippen molar-refractivity contribution in [2.24, 2.45) is 0 Å². The number of hydrogen-bond acceptors (Lipinski definition) is 6. The van der Waals surface area contributed by atoms with Crippen LogP contribution in [0.1, 0.15) is 52.4 Å². The molecule has 2 aromatic rings. The third-order valence-corrected chi connectivity index (χ3v) is 5.37. The number of benzene rings is 2. The first-order chi connectivity index (χ1) is 18.4. The second kappa shape index (κ2) is 22.0. The van der Waals surface area contributed by atoms with Gasteiger partial charge in [0.05, 0.1) is 28.4 Å². The molecule has 0 radical (unpaired) electrons. The molecule has 210 valence electrons. The van der Waals surface area contributed by atoms with Gasteiger partial charge in [-0.3, -0.25) is 12.2 Å². The number of aromatic hydroxyl groups is 2. The Balaban J connectivity index is 0.000000495. The fourth-order valence-electron chi connectivity index (χ4n) is 3.45. The first-order valence-corrected chi connectivity index (χ1v) is 12.8. The Hall–Kier alpha value is -2.92. The Morgan fingerprint density at radius 1 is 0.615 bits per heavy atom. The molecule has 2 aliphatic carbocycles. The summed E-state index contributed by atoms with van der Waals surface area (Å²) in [4.78, 5) is 0. The van der Waals surface area contributed by atoms with Crippen molar-refractivity contribution in [1.29, 1.82) is 0 Å². The molecule has 0 atom stereocenters. The molecule has 4 rings (SSSR count). The number of para-hydroxylation sites is 2. The van der Waals surface area contributed by atoms with E-state index in [1.807, 2.05) is 0 Å². The molecule has 0 heterocycles. The van der Waals surface area contributed by atoms with Gasteiger partial charge in [-0.05, 0) is 24.3 Å². The molecule has 0 amide bonds. The van der Waals surface area contributed by atoms with Crippen LogP contribution in [0.15, 0.2) is 71.8 Å². The molecule has 0 unspecified atom stereocenters. The monoisotopic (exact) mass is 612 g/mol. The van der Waals surface area contributed by atoms with E-state index in [-0.39, 0.29) is 37.7 Å². The van der Waals surface area contributed by atoms with Crippen molar-refractivity contribution in [2.75, 3.05) is 28.4 Å². The van der Waals surface area contributed by atoms with Crippen LogP contribution in [0.3, 0.4) is 0 Å². The van der Waals surface area contributed by atoms with Crippen molar-refractivity contribution in [3.63, 3.8) is 0 Å². The van der Waals surface area contributed by atoms with Crippen molar-refractivity contribution in [3.8, 4) is 34.5 Å². The summed E-state index contributed by atoms with van der Waals surface area (Å²) in [6.07, 6.45) is 22.2. The summed E-state index contributed by atoms with van der Waals surface area (Å²) >= 11 is 0. The SMILES string of the molecule is CCCC1=[C-]CC=C1.CCCC1=[C-]CC=C1.COc1cccc(OC)c1O.COc1cccc(OC)c1O.[Zr+2]. The zero-order valence-corrected chi connectivity index (χ0v) is 26.5. The summed E-state index contributed by atoms with van der Waals surface area (Å²) in [6, 6.07) is 10.2. The van der Waals surface area contributed by atoms with Gasteiger partial charge in [0.25, 0.3) is 0 Å². The van der Waals surface area contributed by atoms with E-state index in [0.29, 0.717) is 23.0 Å². The van der Waals surface area contributed by atoms with E-state index in [4.69, 9.17) is 18.9 Å². The minimum atomic E-state index is 0. The second-order valence-corrected chi connectivity index (χ2v) is 8.14. The van der Waals surface area contributed by atoms with E-state index in [1.165, 1.54) is 65.3 Å². The van der Waals surface area contributed by atoms with Crippen LogP contribution < -0.4 is 18.9 Å². The molecule has 0 fully saturated rings. The van der Waals surface area contributed by atoms with Gasteiger partial charge in [0.15, 0.2) is 23.0 Å². The summed E-state index contributed by atoms with van der Waals surface area (Å²) in [6.45, 7) is 4.39. The standard InChI is InChI=1S/2C8H10O3.2C8H11.Zr/c2*1-10-6-4-3-5-7(11-2)8(6)9;2*1-2-5-8-6-3-4-7-8;/h2*3-5,9H,1-2H3;2*3,6H,2,4-5H2,1H3;/q;;2*-1;+2. The van der Waals surface area contributed by atoms with E-state index in [9.17, 15) is 10.2 Å². The molecule has 2 N–H and O–H groups in total. The van der Waals surface area contributed by atoms with Gasteiger partial charge in [0.1, 0.15) is 0 Å². The van der Waals surface area contributed by atoms with E-state index in [1.54, 1.807) is 36.4 Å². The van der Waals surface area contributed by atoms with E-state index in [0.717, 1.165) is 12.8 Å². The predicted molar refractivity (Wildman–Crippen MR) is 153 cm³/mol. The third-order valence-electron chi connectivity index (χ3n) is 5.37. The van der Waals surface area contributed by atoms with Gasteiger partial charge in [-0.2, -0.15) is 12.2 Å². The molecule has 7 heteroatoms. The first-order valence-electron chi connectivity index (χ1n) is 12.8. The van der Waals surface area contributed by atoms with Gasteiger partial charge < -0.3 is 29.2 Å². The van der Waals surface area contributed by atoms with Gasteiger partial charge in [0.2, 0.25) is 11.5 Å². The minimum Gasteiger partial charge on any atom is -0.502 e. The summed E-state index contributed by atoms with van der Waals surface area (Å²) in [5.41, 5.74) is 2.79. The van der Waals surface area contributed by atoms with Crippen molar-refractivity contribution in [1.82, 2.24) is 0 Å². The van der Waals surface area contributed by atoms with Crippen LogP contribution in [0.25, 0.3) is 0 Å². The number of allylic oxidation sites excluding steroid dienone is 8. The van der Waals surface area contributed by atoms with Crippen LogP contribution in [-0.2, 0) is 26.2 Å². The van der Waals surface area contributed by atoms with Crippen LogP contribution in [0.4, 0.5) is 0 Å².